The first-order chi connectivity index (χ1) is 24.4. The molecule has 2 aliphatic heterocycles. The van der Waals surface area contributed by atoms with Gasteiger partial charge in [-0.1, -0.05) is 116 Å². The summed E-state index contributed by atoms with van der Waals surface area (Å²) in [5.41, 5.74) is 5.93. The van der Waals surface area contributed by atoms with Crippen LogP contribution in [0.4, 0.5) is 0 Å². The highest BCUT2D eigenvalue weighted by molar-refractivity contribution is 5.86. The van der Waals surface area contributed by atoms with E-state index in [1.165, 1.54) is 16.7 Å². The molecule has 2 unspecified atom stereocenters. The minimum atomic E-state index is -1.79. The molecule has 6 aromatic rings. The van der Waals surface area contributed by atoms with Gasteiger partial charge >= 0.3 is 5.97 Å². The minimum absolute atomic E-state index is 0. The van der Waals surface area contributed by atoms with E-state index in [-0.39, 0.29) is 31.0 Å². The number of rotatable bonds is 8. The summed E-state index contributed by atoms with van der Waals surface area (Å²) < 4.78 is 6.72. The molecule has 4 heterocycles. The molecule has 4 aromatic carbocycles. The van der Waals surface area contributed by atoms with Gasteiger partial charge in [0.05, 0.1) is 29.0 Å². The molecule has 51 heavy (non-hydrogen) atoms. The van der Waals surface area contributed by atoms with E-state index < -0.39 is 11.6 Å². The minimum Gasteiger partial charge on any atom is -0.458 e. The lowest BCUT2D eigenvalue weighted by Crippen LogP contribution is -2.44. The van der Waals surface area contributed by atoms with Crippen LogP contribution in [0.1, 0.15) is 72.0 Å². The Morgan fingerprint density at radius 3 is 2.06 bits per heavy atom. The Balaban J connectivity index is 0.000000173. The third-order valence-electron chi connectivity index (χ3n) is 10.0. The molecule has 0 spiro atoms. The Morgan fingerprint density at radius 1 is 0.843 bits per heavy atom. The molecule has 7 nitrogen and oxygen atoms in total. The maximum atomic E-state index is 13.0. The quantitative estimate of drug-likeness (QED) is 0.156. The Morgan fingerprint density at radius 2 is 1.43 bits per heavy atom. The van der Waals surface area contributed by atoms with Gasteiger partial charge in [0.15, 0.2) is 5.60 Å². The van der Waals surface area contributed by atoms with Crippen molar-refractivity contribution < 1.29 is 14.6 Å². The Bertz CT molecular complexity index is 2150. The summed E-state index contributed by atoms with van der Waals surface area (Å²) in [6, 6.07) is 44.2. The summed E-state index contributed by atoms with van der Waals surface area (Å²) >= 11 is 0. The fourth-order valence-electron chi connectivity index (χ4n) is 7.13. The average Bonchev–Trinajstić information content (AvgIpc) is 3.53. The number of aromatic nitrogens is 2. The number of nitrogens with zero attached hydrogens (tertiary/aromatic N) is 2. The van der Waals surface area contributed by atoms with Gasteiger partial charge in [0.1, 0.15) is 6.61 Å². The van der Waals surface area contributed by atoms with Crippen molar-refractivity contribution >= 4 is 29.3 Å². The van der Waals surface area contributed by atoms with Crippen molar-refractivity contribution in [3.8, 4) is 11.4 Å². The fourth-order valence-corrected chi connectivity index (χ4v) is 7.13. The van der Waals surface area contributed by atoms with Gasteiger partial charge in [-0.25, -0.2) is 9.78 Å². The molecule has 0 saturated carbocycles. The number of nitrogens with one attached hydrogen (secondary N) is 1. The standard InChI is InChI=1S/C23H25N.C20H16N2O4.ClH/c1-19(20-11-5-2-6-12-20)24-18-17-23(21-13-7-3-8-14-21)22-15-9-4-10-16-22;1-2-20(25)14-8-16-17-12(7-11-5-3-4-6-15(11)21-17)9-22(16)18(23)13(14)10-26-19(20)24;/h2-16,19,23-24H,17-18H2,1H3;3-8,25H,2,9-10H2,1H3;1H. The molecule has 0 amide bonds. The topological polar surface area (TPSA) is 93.5 Å². The smallest absolute Gasteiger partial charge is 0.343 e. The number of para-hydroxylation sites is 1. The molecule has 0 fully saturated rings. The Kier molecular flexibility index (Phi) is 10.8. The zero-order chi connectivity index (χ0) is 34.7. The normalized spacial score (nSPS) is 16.2. The molecule has 260 valence electrons. The van der Waals surface area contributed by atoms with E-state index in [1.807, 2.05) is 30.3 Å². The van der Waals surface area contributed by atoms with E-state index in [0.29, 0.717) is 35.3 Å². The van der Waals surface area contributed by atoms with Gasteiger partial charge < -0.3 is 19.7 Å². The molecule has 2 atom stereocenters. The van der Waals surface area contributed by atoms with Crippen molar-refractivity contribution in [2.24, 2.45) is 0 Å². The maximum absolute atomic E-state index is 13.0. The lowest BCUT2D eigenvalue weighted by molar-refractivity contribution is -0.172. The molecule has 2 aromatic heterocycles. The van der Waals surface area contributed by atoms with Crippen LogP contribution in [0.25, 0.3) is 22.3 Å². The van der Waals surface area contributed by atoms with Crippen LogP contribution in [0.3, 0.4) is 0 Å². The van der Waals surface area contributed by atoms with E-state index in [9.17, 15) is 14.7 Å². The zero-order valence-corrected chi connectivity index (χ0v) is 29.6. The zero-order valence-electron chi connectivity index (χ0n) is 28.8. The third kappa shape index (κ3) is 7.10. The van der Waals surface area contributed by atoms with Crippen molar-refractivity contribution in [3.05, 3.63) is 171 Å². The van der Waals surface area contributed by atoms with Crippen molar-refractivity contribution in [3.63, 3.8) is 0 Å². The van der Waals surface area contributed by atoms with E-state index in [4.69, 9.17) is 9.72 Å². The average molecular weight is 700 g/mol. The summed E-state index contributed by atoms with van der Waals surface area (Å²) in [5.74, 6) is -0.274. The summed E-state index contributed by atoms with van der Waals surface area (Å²) in [4.78, 5) is 29.9. The Hall–Kier alpha value is -5.08. The van der Waals surface area contributed by atoms with Crippen LogP contribution in [-0.4, -0.2) is 27.2 Å². The van der Waals surface area contributed by atoms with Crippen LogP contribution < -0.4 is 10.9 Å². The third-order valence-corrected chi connectivity index (χ3v) is 10.0. The molecule has 0 radical (unpaired) electrons. The largest absolute Gasteiger partial charge is 0.458 e. The van der Waals surface area contributed by atoms with E-state index in [1.54, 1.807) is 17.6 Å². The predicted octanol–water partition coefficient (Wildman–Crippen LogP) is 8.06. The molecule has 8 rings (SSSR count). The first-order valence-corrected chi connectivity index (χ1v) is 17.3. The highest BCUT2D eigenvalue weighted by Crippen LogP contribution is 2.38. The molecule has 0 saturated heterocycles. The number of benzene rings is 4. The van der Waals surface area contributed by atoms with Crippen molar-refractivity contribution in [1.82, 2.24) is 14.9 Å². The molecule has 8 heteroatoms. The SMILES string of the molecule is CC(NCCC(c1ccccc1)c1ccccc1)c1ccccc1.CCC1(O)C(=O)OCc2c1cc1n(c2=O)Cc2cc3ccccc3nc2-1.Cl. The number of hydrogen-bond donors (Lipinski definition) is 2. The summed E-state index contributed by atoms with van der Waals surface area (Å²) in [6.45, 7) is 5.23. The number of cyclic esters (lactones) is 1. The number of hydrogen-bond acceptors (Lipinski definition) is 6. The maximum Gasteiger partial charge on any atom is 0.343 e. The van der Waals surface area contributed by atoms with E-state index >= 15 is 0 Å². The highest BCUT2D eigenvalue weighted by atomic mass is 35.5. The number of carbonyl (C=O) groups is 1. The number of pyridine rings is 2. The van der Waals surface area contributed by atoms with Crippen LogP contribution >= 0.6 is 12.4 Å². The second-order valence-corrected chi connectivity index (χ2v) is 13.0. The summed E-state index contributed by atoms with van der Waals surface area (Å²) in [7, 11) is 0. The lowest BCUT2D eigenvalue weighted by Gasteiger charge is -2.31. The van der Waals surface area contributed by atoms with Gasteiger partial charge in [-0.15, -0.1) is 12.4 Å². The van der Waals surface area contributed by atoms with Crippen LogP contribution in [0.5, 0.6) is 0 Å². The van der Waals surface area contributed by atoms with Crippen LogP contribution in [0.15, 0.2) is 132 Å². The van der Waals surface area contributed by atoms with Gasteiger partial charge in [0.25, 0.3) is 5.56 Å². The van der Waals surface area contributed by atoms with Gasteiger partial charge in [0.2, 0.25) is 0 Å². The lowest BCUT2D eigenvalue weighted by atomic mass is 9.86. The van der Waals surface area contributed by atoms with Gasteiger partial charge in [-0.3, -0.25) is 4.79 Å². The first-order valence-electron chi connectivity index (χ1n) is 17.3. The van der Waals surface area contributed by atoms with E-state index in [0.717, 1.165) is 35.1 Å². The number of aliphatic hydroxyl groups is 1. The second kappa shape index (κ2) is 15.4. The Labute approximate surface area is 304 Å². The van der Waals surface area contributed by atoms with Crippen LogP contribution in [-0.2, 0) is 28.3 Å². The van der Waals surface area contributed by atoms with Crippen molar-refractivity contribution in [2.75, 3.05) is 6.54 Å². The van der Waals surface area contributed by atoms with Gasteiger partial charge in [-0.05, 0) is 61.2 Å². The first kappa shape index (κ1) is 35.7. The number of carbonyl (C=O) groups excluding carboxylic acids is 1. The second-order valence-electron chi connectivity index (χ2n) is 13.0. The van der Waals surface area contributed by atoms with E-state index in [2.05, 4.69) is 103 Å². The predicted molar refractivity (Wildman–Crippen MR) is 204 cm³/mol. The molecular weight excluding hydrogens is 658 g/mol. The number of fused-ring (bicyclic) bond motifs is 5. The molecule has 0 aliphatic carbocycles. The van der Waals surface area contributed by atoms with Gasteiger partial charge in [-0.2, -0.15) is 0 Å². The highest BCUT2D eigenvalue weighted by Gasteiger charge is 2.45. The monoisotopic (exact) mass is 699 g/mol. The van der Waals surface area contributed by atoms with Crippen LogP contribution in [0.2, 0.25) is 0 Å². The molecule has 2 aliphatic rings. The summed E-state index contributed by atoms with van der Waals surface area (Å²) in [6.07, 6.45) is 1.23. The van der Waals surface area contributed by atoms with Crippen molar-refractivity contribution in [2.45, 2.75) is 57.4 Å². The fraction of sp³-hybridized carbons (Fsp3) is 0.233. The number of halogens is 1. The summed E-state index contributed by atoms with van der Waals surface area (Å²) in [5, 5.41) is 15.5. The van der Waals surface area contributed by atoms with Gasteiger partial charge in [0, 0.05) is 28.5 Å². The van der Waals surface area contributed by atoms with Crippen LogP contribution in [0, 0.1) is 0 Å². The molecule has 2 N–H and O–H groups in total. The van der Waals surface area contributed by atoms with Crippen molar-refractivity contribution in [1.29, 1.82) is 0 Å². The molecular formula is C43H42ClN3O4. The molecule has 0 bridgehead atoms. The number of esters is 1. The number of ether oxygens (including phenoxy) is 1.